The van der Waals surface area contributed by atoms with Gasteiger partial charge in [-0.25, -0.2) is 0 Å². The van der Waals surface area contributed by atoms with Crippen molar-refractivity contribution >= 4 is 47.4 Å². The monoisotopic (exact) mass is 463 g/mol. The van der Waals surface area contributed by atoms with Crippen molar-refractivity contribution in [1.29, 1.82) is 0 Å². The van der Waals surface area contributed by atoms with Gasteiger partial charge in [-0.1, -0.05) is 29.3 Å². The summed E-state index contributed by atoms with van der Waals surface area (Å²) in [5, 5.41) is 4.32. The molecule has 2 fully saturated rings. The van der Waals surface area contributed by atoms with Crippen LogP contribution in [-0.4, -0.2) is 73.1 Å². The van der Waals surface area contributed by atoms with Crippen LogP contribution in [0, 0.1) is 0 Å². The minimum absolute atomic E-state index is 0. The van der Waals surface area contributed by atoms with Crippen molar-refractivity contribution in [2.24, 2.45) is 0 Å². The first-order valence-corrected chi connectivity index (χ1v) is 10.5. The van der Waals surface area contributed by atoms with Crippen LogP contribution in [0.4, 0.5) is 0 Å². The van der Waals surface area contributed by atoms with Gasteiger partial charge in [-0.3, -0.25) is 9.59 Å². The zero-order valence-corrected chi connectivity index (χ0v) is 18.9. The fourth-order valence-corrected chi connectivity index (χ4v) is 4.10. The Morgan fingerprint density at radius 1 is 1.21 bits per heavy atom. The average molecular weight is 465 g/mol. The molecule has 0 spiro atoms. The van der Waals surface area contributed by atoms with E-state index in [4.69, 9.17) is 27.9 Å². The number of ether oxygens (including phenoxy) is 1. The van der Waals surface area contributed by atoms with E-state index in [-0.39, 0.29) is 36.7 Å². The summed E-state index contributed by atoms with van der Waals surface area (Å²) in [6, 6.07) is 5.48. The van der Waals surface area contributed by atoms with Crippen LogP contribution >= 0.6 is 35.6 Å². The highest BCUT2D eigenvalue weighted by Crippen LogP contribution is 2.23. The molecule has 0 saturated carbocycles. The predicted molar refractivity (Wildman–Crippen MR) is 117 cm³/mol. The predicted octanol–water partition coefficient (Wildman–Crippen LogP) is 2.79. The highest BCUT2D eigenvalue weighted by Gasteiger charge is 2.32. The molecule has 1 N–H and O–H groups in total. The topological polar surface area (TPSA) is 61.9 Å². The first-order chi connectivity index (χ1) is 13.4. The van der Waals surface area contributed by atoms with E-state index in [1.165, 1.54) is 6.42 Å². The van der Waals surface area contributed by atoms with E-state index >= 15 is 0 Å². The molecule has 0 bridgehead atoms. The van der Waals surface area contributed by atoms with Crippen molar-refractivity contribution in [3.8, 4) is 0 Å². The molecular weight excluding hydrogens is 437 g/mol. The van der Waals surface area contributed by atoms with Gasteiger partial charge in [0.2, 0.25) is 11.8 Å². The van der Waals surface area contributed by atoms with Crippen LogP contribution in [0.15, 0.2) is 18.2 Å². The maximum Gasteiger partial charge on any atom is 0.227 e. The van der Waals surface area contributed by atoms with Gasteiger partial charge in [-0.2, -0.15) is 0 Å². The Labute approximate surface area is 188 Å². The lowest BCUT2D eigenvalue weighted by molar-refractivity contribution is -0.143. The van der Waals surface area contributed by atoms with Crippen LogP contribution in [-0.2, 0) is 20.7 Å². The molecule has 0 radical (unpaired) electrons. The van der Waals surface area contributed by atoms with E-state index in [2.05, 4.69) is 5.32 Å². The summed E-state index contributed by atoms with van der Waals surface area (Å²) in [5.41, 5.74) is 0.822. The Hall–Kier alpha value is -1.05. The molecule has 1 aromatic rings. The van der Waals surface area contributed by atoms with Gasteiger partial charge >= 0.3 is 0 Å². The second-order valence-corrected chi connectivity index (χ2v) is 8.28. The number of hydrogen-bond acceptors (Lipinski definition) is 4. The number of piperazine rings is 1. The first-order valence-electron chi connectivity index (χ1n) is 9.74. The van der Waals surface area contributed by atoms with E-state index in [0.29, 0.717) is 48.9 Å². The van der Waals surface area contributed by atoms with Crippen molar-refractivity contribution in [1.82, 2.24) is 15.1 Å². The second-order valence-electron chi connectivity index (χ2n) is 7.46. The van der Waals surface area contributed by atoms with Gasteiger partial charge in [0.15, 0.2) is 0 Å². The smallest absolute Gasteiger partial charge is 0.227 e. The minimum atomic E-state index is -0.144. The lowest BCUT2D eigenvalue weighted by Crippen LogP contribution is -2.58. The maximum atomic E-state index is 12.9. The number of carbonyl (C=O) groups is 2. The van der Waals surface area contributed by atoms with Crippen molar-refractivity contribution in [3.63, 3.8) is 0 Å². The molecule has 0 aromatic heterocycles. The van der Waals surface area contributed by atoms with Crippen LogP contribution in [0.25, 0.3) is 0 Å². The van der Waals surface area contributed by atoms with Gasteiger partial charge in [-0.15, -0.1) is 12.4 Å². The summed E-state index contributed by atoms with van der Waals surface area (Å²) < 4.78 is 5.92. The van der Waals surface area contributed by atoms with E-state index in [1.807, 2.05) is 11.0 Å². The minimum Gasteiger partial charge on any atom is -0.378 e. The molecule has 2 aliphatic heterocycles. The molecule has 1 aromatic carbocycles. The summed E-state index contributed by atoms with van der Waals surface area (Å²) in [7, 11) is 0. The van der Waals surface area contributed by atoms with Crippen molar-refractivity contribution < 1.29 is 14.3 Å². The fraction of sp³-hybridized carbons (Fsp3) is 0.600. The number of carbonyl (C=O) groups excluding carboxylic acids is 2. The third-order valence-electron chi connectivity index (χ3n) is 5.38. The van der Waals surface area contributed by atoms with Crippen LogP contribution in [0.1, 0.15) is 25.3 Å². The van der Waals surface area contributed by atoms with E-state index in [9.17, 15) is 9.59 Å². The summed E-state index contributed by atoms with van der Waals surface area (Å²) in [5.74, 6) is 0.0354. The standard InChI is InChI=1S/C20H27Cl2N3O3.ClH/c1-14(26)24-7-8-25(17(11-24)13-28-12-16-3-2-6-23-16)20(27)10-15-4-5-18(21)19(22)9-15;/h4-5,9,16-17,23H,2-3,6-8,10-13H2,1H3;1H. The normalized spacial score (nSPS) is 21.8. The fourth-order valence-electron chi connectivity index (χ4n) is 3.78. The van der Waals surface area contributed by atoms with Gasteiger partial charge in [0, 0.05) is 32.6 Å². The zero-order chi connectivity index (χ0) is 20.1. The molecule has 2 atom stereocenters. The zero-order valence-electron chi connectivity index (χ0n) is 16.5. The van der Waals surface area contributed by atoms with Gasteiger partial charge in [-0.05, 0) is 37.1 Å². The van der Waals surface area contributed by atoms with E-state index in [0.717, 1.165) is 18.5 Å². The number of amides is 2. The maximum absolute atomic E-state index is 12.9. The lowest BCUT2D eigenvalue weighted by atomic mass is 10.1. The molecule has 6 nitrogen and oxygen atoms in total. The van der Waals surface area contributed by atoms with Crippen molar-refractivity contribution in [2.75, 3.05) is 39.4 Å². The summed E-state index contributed by atoms with van der Waals surface area (Å²) in [6.07, 6.45) is 2.53. The summed E-state index contributed by atoms with van der Waals surface area (Å²) in [4.78, 5) is 28.4. The van der Waals surface area contributed by atoms with Gasteiger partial charge < -0.3 is 19.9 Å². The van der Waals surface area contributed by atoms with Crippen molar-refractivity contribution in [2.45, 2.75) is 38.3 Å². The van der Waals surface area contributed by atoms with Crippen LogP contribution in [0.5, 0.6) is 0 Å². The van der Waals surface area contributed by atoms with Crippen LogP contribution < -0.4 is 5.32 Å². The Balaban J connectivity index is 0.00000300. The van der Waals surface area contributed by atoms with Crippen LogP contribution in [0.3, 0.4) is 0 Å². The molecule has 162 valence electrons. The number of nitrogens with zero attached hydrogens (tertiary/aromatic N) is 2. The highest BCUT2D eigenvalue weighted by molar-refractivity contribution is 6.42. The van der Waals surface area contributed by atoms with Crippen LogP contribution in [0.2, 0.25) is 10.0 Å². The first kappa shape index (κ1) is 24.2. The summed E-state index contributed by atoms with van der Waals surface area (Å²) in [6.45, 7) is 5.21. The van der Waals surface area contributed by atoms with Crippen molar-refractivity contribution in [3.05, 3.63) is 33.8 Å². The number of benzene rings is 1. The van der Waals surface area contributed by atoms with E-state index < -0.39 is 0 Å². The van der Waals surface area contributed by atoms with Gasteiger partial charge in [0.1, 0.15) is 0 Å². The Kier molecular flexibility index (Phi) is 9.50. The molecule has 9 heteroatoms. The third kappa shape index (κ3) is 6.72. The number of hydrogen-bond donors (Lipinski definition) is 1. The number of rotatable bonds is 6. The molecule has 0 aliphatic carbocycles. The number of nitrogens with one attached hydrogen (secondary N) is 1. The molecule has 2 aliphatic rings. The third-order valence-corrected chi connectivity index (χ3v) is 6.12. The Bertz CT molecular complexity index is 713. The highest BCUT2D eigenvalue weighted by atomic mass is 35.5. The quantitative estimate of drug-likeness (QED) is 0.703. The Morgan fingerprint density at radius 2 is 2.00 bits per heavy atom. The lowest BCUT2D eigenvalue weighted by Gasteiger charge is -2.41. The van der Waals surface area contributed by atoms with Gasteiger partial charge in [0.25, 0.3) is 0 Å². The Morgan fingerprint density at radius 3 is 2.66 bits per heavy atom. The molecule has 2 saturated heterocycles. The van der Waals surface area contributed by atoms with Gasteiger partial charge in [0.05, 0.1) is 35.7 Å². The molecule has 2 heterocycles. The molecule has 2 amide bonds. The number of halogens is 3. The largest absolute Gasteiger partial charge is 0.378 e. The average Bonchev–Trinajstić information content (AvgIpc) is 3.18. The molecule has 2 unspecified atom stereocenters. The molecular formula is C20H28Cl3N3O3. The van der Waals surface area contributed by atoms with E-state index in [1.54, 1.807) is 24.0 Å². The summed E-state index contributed by atoms with van der Waals surface area (Å²) >= 11 is 12.0. The molecule has 3 rings (SSSR count). The second kappa shape index (κ2) is 11.4. The molecule has 29 heavy (non-hydrogen) atoms. The SMILES string of the molecule is CC(=O)N1CCN(C(=O)Cc2ccc(Cl)c(Cl)c2)C(COCC2CCCN2)C1.Cl.